The number of hydrogen-bond donors (Lipinski definition) is 2. The molecule has 1 fully saturated rings. The number of phenolic OH excluding ortho intramolecular Hbond substituents is 1. The average molecular weight is 496 g/mol. The Labute approximate surface area is 184 Å². The van der Waals surface area contributed by atoms with Crippen LogP contribution in [0.3, 0.4) is 0 Å². The highest BCUT2D eigenvalue weighted by Gasteiger charge is 2.21. The summed E-state index contributed by atoms with van der Waals surface area (Å²) in [5.74, 6) is 2.15. The van der Waals surface area contributed by atoms with Gasteiger partial charge in [-0.3, -0.25) is 4.99 Å². The highest BCUT2D eigenvalue weighted by atomic mass is 127. The molecule has 0 spiro atoms. The Morgan fingerprint density at radius 1 is 1.07 bits per heavy atom. The lowest BCUT2D eigenvalue weighted by Crippen LogP contribution is -2.53. The normalized spacial score (nSPS) is 14.4. The van der Waals surface area contributed by atoms with E-state index in [0.29, 0.717) is 18.9 Å². The van der Waals surface area contributed by atoms with E-state index in [9.17, 15) is 5.11 Å². The molecule has 0 atom stereocenters. The van der Waals surface area contributed by atoms with Crippen LogP contribution < -0.4 is 15.0 Å². The Morgan fingerprint density at radius 2 is 1.75 bits per heavy atom. The van der Waals surface area contributed by atoms with Crippen LogP contribution in [0.5, 0.6) is 11.5 Å². The van der Waals surface area contributed by atoms with Gasteiger partial charge in [-0.05, 0) is 30.7 Å². The highest BCUT2D eigenvalue weighted by Crippen LogP contribution is 2.27. The summed E-state index contributed by atoms with van der Waals surface area (Å²) >= 11 is 0. The summed E-state index contributed by atoms with van der Waals surface area (Å²) in [5, 5.41) is 13.4. The summed E-state index contributed by atoms with van der Waals surface area (Å²) in [6.45, 7) is 6.73. The number of anilines is 1. The van der Waals surface area contributed by atoms with E-state index in [0.717, 1.165) is 49.1 Å². The van der Waals surface area contributed by atoms with Crippen LogP contribution in [0.15, 0.2) is 53.5 Å². The van der Waals surface area contributed by atoms with Crippen LogP contribution >= 0.6 is 24.0 Å². The molecule has 1 heterocycles. The van der Waals surface area contributed by atoms with Crippen molar-refractivity contribution >= 4 is 35.6 Å². The summed E-state index contributed by atoms with van der Waals surface area (Å²) in [7, 11) is 1.81. The maximum atomic E-state index is 10.0. The van der Waals surface area contributed by atoms with Gasteiger partial charge in [-0.15, -0.1) is 24.0 Å². The van der Waals surface area contributed by atoms with Crippen molar-refractivity contribution in [3.63, 3.8) is 0 Å². The lowest BCUT2D eigenvalue weighted by molar-refractivity contribution is 0.313. The number of aryl methyl sites for hydroxylation is 1. The second kappa shape index (κ2) is 11.0. The number of para-hydroxylation sites is 3. The Morgan fingerprint density at radius 3 is 2.43 bits per heavy atom. The molecule has 0 radical (unpaired) electrons. The summed E-state index contributed by atoms with van der Waals surface area (Å²) in [6.07, 6.45) is 0. The molecular weight excluding hydrogens is 467 g/mol. The molecule has 0 unspecified atom stereocenters. The topological polar surface area (TPSA) is 60.3 Å². The number of piperazine rings is 1. The monoisotopic (exact) mass is 496 g/mol. The number of aromatic hydroxyl groups is 1. The van der Waals surface area contributed by atoms with Gasteiger partial charge in [0.15, 0.2) is 5.96 Å². The molecule has 2 aromatic rings. The largest absolute Gasteiger partial charge is 0.506 e. The van der Waals surface area contributed by atoms with E-state index in [1.54, 1.807) is 13.1 Å². The number of rotatable bonds is 5. The van der Waals surface area contributed by atoms with Gasteiger partial charge in [0, 0.05) is 33.2 Å². The first kappa shape index (κ1) is 22.1. The Hall–Kier alpha value is -2.16. The van der Waals surface area contributed by atoms with Gasteiger partial charge < -0.3 is 25.0 Å². The van der Waals surface area contributed by atoms with Crippen molar-refractivity contribution < 1.29 is 9.84 Å². The zero-order valence-corrected chi connectivity index (χ0v) is 18.8. The summed E-state index contributed by atoms with van der Waals surface area (Å²) in [5.41, 5.74) is 2.04. The van der Waals surface area contributed by atoms with Gasteiger partial charge in [-0.1, -0.05) is 30.3 Å². The molecule has 1 aliphatic rings. The van der Waals surface area contributed by atoms with E-state index in [1.807, 2.05) is 49.4 Å². The highest BCUT2D eigenvalue weighted by molar-refractivity contribution is 14.0. The Bertz CT molecular complexity index is 777. The molecule has 2 N–H and O–H groups in total. The van der Waals surface area contributed by atoms with Gasteiger partial charge in [0.1, 0.15) is 18.1 Å². The number of phenols is 1. The van der Waals surface area contributed by atoms with Crippen molar-refractivity contribution in [3.05, 3.63) is 54.1 Å². The predicted molar refractivity (Wildman–Crippen MR) is 125 cm³/mol. The van der Waals surface area contributed by atoms with Crippen LogP contribution in [-0.4, -0.2) is 62.3 Å². The molecule has 0 aliphatic carbocycles. The number of halogens is 1. The average Bonchev–Trinajstić information content (AvgIpc) is 2.70. The maximum absolute atomic E-state index is 10.0. The van der Waals surface area contributed by atoms with Crippen molar-refractivity contribution in [2.24, 2.45) is 4.99 Å². The molecule has 7 heteroatoms. The van der Waals surface area contributed by atoms with Crippen LogP contribution in [0.2, 0.25) is 0 Å². The standard InChI is InChI=1S/C21H28N4O2.HI/c1-17-7-3-6-10-20(17)27-16-11-23-21(22-2)25-14-12-24(13-15-25)18-8-4-5-9-19(18)26;/h3-10,26H,11-16H2,1-2H3,(H,22,23);1H. The molecule has 28 heavy (non-hydrogen) atoms. The number of hydrogen-bond acceptors (Lipinski definition) is 4. The summed E-state index contributed by atoms with van der Waals surface area (Å²) < 4.78 is 5.84. The number of nitrogens with zero attached hydrogens (tertiary/aromatic N) is 3. The van der Waals surface area contributed by atoms with Crippen molar-refractivity contribution in [3.8, 4) is 11.5 Å². The van der Waals surface area contributed by atoms with Gasteiger partial charge in [-0.2, -0.15) is 0 Å². The molecule has 0 bridgehead atoms. The lowest BCUT2D eigenvalue weighted by atomic mass is 10.2. The van der Waals surface area contributed by atoms with E-state index >= 15 is 0 Å². The van der Waals surface area contributed by atoms with E-state index in [2.05, 4.69) is 20.1 Å². The van der Waals surface area contributed by atoms with Gasteiger partial charge in [0.25, 0.3) is 0 Å². The van der Waals surface area contributed by atoms with Crippen LogP contribution in [0.1, 0.15) is 5.56 Å². The summed E-state index contributed by atoms with van der Waals surface area (Å²) in [4.78, 5) is 8.85. The van der Waals surface area contributed by atoms with Gasteiger partial charge in [0.05, 0.1) is 12.2 Å². The molecule has 3 rings (SSSR count). The summed E-state index contributed by atoms with van der Waals surface area (Å²) in [6, 6.07) is 15.5. The zero-order valence-electron chi connectivity index (χ0n) is 16.5. The molecule has 0 saturated carbocycles. The second-order valence-corrected chi connectivity index (χ2v) is 6.55. The maximum Gasteiger partial charge on any atom is 0.193 e. The third-order valence-electron chi connectivity index (χ3n) is 4.75. The molecule has 1 saturated heterocycles. The van der Waals surface area contributed by atoms with E-state index in [-0.39, 0.29) is 24.0 Å². The Balaban J connectivity index is 0.00000280. The first-order chi connectivity index (χ1) is 13.2. The quantitative estimate of drug-likeness (QED) is 0.289. The number of guanidine groups is 1. The first-order valence-corrected chi connectivity index (χ1v) is 9.36. The number of ether oxygens (including phenoxy) is 1. The van der Waals surface area contributed by atoms with Gasteiger partial charge in [0.2, 0.25) is 0 Å². The zero-order chi connectivity index (χ0) is 19.1. The van der Waals surface area contributed by atoms with E-state index < -0.39 is 0 Å². The minimum absolute atomic E-state index is 0. The SMILES string of the molecule is CN=C(NCCOc1ccccc1C)N1CCN(c2ccccc2O)CC1.I. The third kappa shape index (κ3) is 5.67. The minimum Gasteiger partial charge on any atom is -0.506 e. The van der Waals surface area contributed by atoms with Crippen molar-refractivity contribution in [2.45, 2.75) is 6.92 Å². The number of benzene rings is 2. The minimum atomic E-state index is 0. The molecule has 0 aromatic heterocycles. The van der Waals surface area contributed by atoms with Crippen LogP contribution in [0.25, 0.3) is 0 Å². The fraction of sp³-hybridized carbons (Fsp3) is 0.381. The first-order valence-electron chi connectivity index (χ1n) is 9.36. The second-order valence-electron chi connectivity index (χ2n) is 6.55. The molecule has 6 nitrogen and oxygen atoms in total. The fourth-order valence-corrected chi connectivity index (χ4v) is 3.27. The van der Waals surface area contributed by atoms with Gasteiger partial charge in [-0.25, -0.2) is 0 Å². The van der Waals surface area contributed by atoms with E-state index in [4.69, 9.17) is 4.74 Å². The van der Waals surface area contributed by atoms with E-state index in [1.165, 1.54) is 0 Å². The fourth-order valence-electron chi connectivity index (χ4n) is 3.27. The van der Waals surface area contributed by atoms with Crippen LogP contribution in [0.4, 0.5) is 5.69 Å². The number of aliphatic imine (C=N–C) groups is 1. The molecule has 1 aliphatic heterocycles. The molecular formula is C21H29IN4O2. The van der Waals surface area contributed by atoms with Crippen LogP contribution in [0, 0.1) is 6.92 Å². The third-order valence-corrected chi connectivity index (χ3v) is 4.75. The smallest absolute Gasteiger partial charge is 0.193 e. The molecule has 152 valence electrons. The number of nitrogens with one attached hydrogen (secondary N) is 1. The predicted octanol–water partition coefficient (Wildman–Crippen LogP) is 3.10. The Kier molecular flexibility index (Phi) is 8.69. The van der Waals surface area contributed by atoms with Crippen LogP contribution in [-0.2, 0) is 0 Å². The van der Waals surface area contributed by atoms with Crippen molar-refractivity contribution in [2.75, 3.05) is 51.3 Å². The lowest BCUT2D eigenvalue weighted by Gasteiger charge is -2.37. The molecule has 2 aromatic carbocycles. The molecule has 0 amide bonds. The van der Waals surface area contributed by atoms with Crippen molar-refractivity contribution in [1.82, 2.24) is 10.2 Å². The van der Waals surface area contributed by atoms with Gasteiger partial charge >= 0.3 is 0 Å². The van der Waals surface area contributed by atoms with Crippen molar-refractivity contribution in [1.29, 1.82) is 0 Å².